The quantitative estimate of drug-likeness (QED) is 0.851. The van der Waals surface area contributed by atoms with E-state index in [2.05, 4.69) is 9.97 Å². The van der Waals surface area contributed by atoms with Crippen molar-refractivity contribution in [1.29, 1.82) is 0 Å². The molecule has 1 unspecified atom stereocenters. The molecule has 2 aliphatic rings. The second kappa shape index (κ2) is 4.72. The van der Waals surface area contributed by atoms with Gasteiger partial charge in [-0.05, 0) is 19.3 Å². The minimum Gasteiger partial charge on any atom is -0.381 e. The van der Waals surface area contributed by atoms with Crippen LogP contribution in [0.1, 0.15) is 30.1 Å². The first-order valence-electron chi connectivity index (χ1n) is 6.62. The van der Waals surface area contributed by atoms with Crippen LogP contribution in [-0.2, 0) is 22.5 Å². The molecule has 0 spiro atoms. The summed E-state index contributed by atoms with van der Waals surface area (Å²) in [6.07, 6.45) is 2.52. The number of ether oxygens (including phenoxy) is 1. The molecule has 1 fully saturated rings. The molecule has 5 nitrogen and oxygen atoms in total. The summed E-state index contributed by atoms with van der Waals surface area (Å²) in [5.41, 5.74) is 2.23. The average molecular weight is 249 g/mol. The lowest BCUT2D eigenvalue weighted by Crippen LogP contribution is -2.37. The highest BCUT2D eigenvalue weighted by Crippen LogP contribution is 2.21. The molecule has 1 atom stereocenters. The van der Waals surface area contributed by atoms with Crippen LogP contribution < -0.4 is 0 Å². The SMILES string of the molecule is Cc1nc2c([nH]1)CN(C(=O)CC1CCOC1)CC2. The number of nitrogens with one attached hydrogen (secondary N) is 1. The van der Waals surface area contributed by atoms with E-state index in [1.54, 1.807) is 0 Å². The van der Waals surface area contributed by atoms with E-state index in [4.69, 9.17) is 4.74 Å². The Hall–Kier alpha value is -1.36. The Labute approximate surface area is 107 Å². The Bertz CT molecular complexity index is 449. The third-order valence-electron chi connectivity index (χ3n) is 3.79. The smallest absolute Gasteiger partial charge is 0.223 e. The Morgan fingerprint density at radius 2 is 2.50 bits per heavy atom. The summed E-state index contributed by atoms with van der Waals surface area (Å²) in [7, 11) is 0. The zero-order valence-corrected chi connectivity index (χ0v) is 10.7. The molecule has 2 aliphatic heterocycles. The maximum Gasteiger partial charge on any atom is 0.223 e. The minimum absolute atomic E-state index is 0.253. The van der Waals surface area contributed by atoms with E-state index in [1.165, 1.54) is 0 Å². The van der Waals surface area contributed by atoms with Crippen LogP contribution in [0.5, 0.6) is 0 Å². The van der Waals surface area contributed by atoms with Crippen molar-refractivity contribution in [2.75, 3.05) is 19.8 Å². The van der Waals surface area contributed by atoms with Gasteiger partial charge in [-0.25, -0.2) is 4.98 Å². The number of aryl methyl sites for hydroxylation is 1. The number of aromatic nitrogens is 2. The Morgan fingerprint density at radius 1 is 1.61 bits per heavy atom. The van der Waals surface area contributed by atoms with Crippen LogP contribution in [-0.4, -0.2) is 40.5 Å². The van der Waals surface area contributed by atoms with Crippen molar-refractivity contribution in [2.24, 2.45) is 5.92 Å². The van der Waals surface area contributed by atoms with Gasteiger partial charge >= 0.3 is 0 Å². The number of H-pyrrole nitrogens is 1. The molecular weight excluding hydrogens is 230 g/mol. The first-order chi connectivity index (χ1) is 8.72. The van der Waals surface area contributed by atoms with Crippen molar-refractivity contribution in [2.45, 2.75) is 32.7 Å². The van der Waals surface area contributed by atoms with Crippen molar-refractivity contribution in [3.8, 4) is 0 Å². The number of imidazole rings is 1. The van der Waals surface area contributed by atoms with Crippen molar-refractivity contribution in [1.82, 2.24) is 14.9 Å². The molecule has 1 aromatic heterocycles. The van der Waals surface area contributed by atoms with Gasteiger partial charge in [0.1, 0.15) is 5.82 Å². The fourth-order valence-electron chi connectivity index (χ4n) is 2.77. The van der Waals surface area contributed by atoms with Crippen LogP contribution >= 0.6 is 0 Å². The zero-order chi connectivity index (χ0) is 12.5. The van der Waals surface area contributed by atoms with Crippen LogP contribution in [0.25, 0.3) is 0 Å². The molecule has 5 heteroatoms. The maximum absolute atomic E-state index is 12.2. The van der Waals surface area contributed by atoms with Gasteiger partial charge in [-0.15, -0.1) is 0 Å². The van der Waals surface area contributed by atoms with E-state index < -0.39 is 0 Å². The number of aromatic amines is 1. The van der Waals surface area contributed by atoms with Crippen LogP contribution in [0.2, 0.25) is 0 Å². The predicted molar refractivity (Wildman–Crippen MR) is 66.0 cm³/mol. The number of carbonyl (C=O) groups is 1. The van der Waals surface area contributed by atoms with Crippen molar-refractivity contribution < 1.29 is 9.53 Å². The van der Waals surface area contributed by atoms with Crippen LogP contribution in [0.15, 0.2) is 0 Å². The summed E-state index contributed by atoms with van der Waals surface area (Å²) in [6.45, 7) is 4.99. The molecule has 18 heavy (non-hydrogen) atoms. The first kappa shape index (κ1) is 11.7. The topological polar surface area (TPSA) is 58.2 Å². The van der Waals surface area contributed by atoms with Gasteiger partial charge in [0, 0.05) is 32.6 Å². The van der Waals surface area contributed by atoms with Crippen molar-refractivity contribution in [3.05, 3.63) is 17.2 Å². The van der Waals surface area contributed by atoms with Gasteiger partial charge in [0.05, 0.1) is 17.9 Å². The molecule has 1 amide bonds. The Morgan fingerprint density at radius 3 is 3.28 bits per heavy atom. The summed E-state index contributed by atoms with van der Waals surface area (Å²) in [4.78, 5) is 21.8. The standard InChI is InChI=1S/C13H19N3O2/c1-9-14-11-2-4-16(7-12(11)15-9)13(17)6-10-3-5-18-8-10/h10H,2-8H2,1H3,(H,14,15). The third-order valence-corrected chi connectivity index (χ3v) is 3.79. The molecule has 0 aliphatic carbocycles. The number of hydrogen-bond acceptors (Lipinski definition) is 3. The molecule has 0 saturated carbocycles. The van der Waals surface area contributed by atoms with Gasteiger partial charge < -0.3 is 14.6 Å². The van der Waals surface area contributed by atoms with Crippen LogP contribution in [0.3, 0.4) is 0 Å². The van der Waals surface area contributed by atoms with Gasteiger partial charge in [0.2, 0.25) is 5.91 Å². The highest BCUT2D eigenvalue weighted by molar-refractivity contribution is 5.76. The second-order valence-corrected chi connectivity index (χ2v) is 5.25. The van der Waals surface area contributed by atoms with E-state index in [1.807, 2.05) is 11.8 Å². The highest BCUT2D eigenvalue weighted by atomic mass is 16.5. The van der Waals surface area contributed by atoms with E-state index in [9.17, 15) is 4.79 Å². The van der Waals surface area contributed by atoms with E-state index in [0.717, 1.165) is 49.8 Å². The molecule has 0 radical (unpaired) electrons. The summed E-state index contributed by atoms with van der Waals surface area (Å²) < 4.78 is 5.32. The highest BCUT2D eigenvalue weighted by Gasteiger charge is 2.26. The van der Waals surface area contributed by atoms with Crippen LogP contribution in [0, 0.1) is 12.8 Å². The molecule has 0 aromatic carbocycles. The number of hydrogen-bond donors (Lipinski definition) is 1. The van der Waals surface area contributed by atoms with Crippen molar-refractivity contribution >= 4 is 5.91 Å². The lowest BCUT2D eigenvalue weighted by molar-refractivity contribution is -0.133. The average Bonchev–Trinajstić information content (AvgIpc) is 2.95. The summed E-state index contributed by atoms with van der Waals surface area (Å²) in [6, 6.07) is 0. The Kier molecular flexibility index (Phi) is 3.07. The molecule has 1 aromatic rings. The molecule has 3 heterocycles. The minimum atomic E-state index is 0.253. The number of amides is 1. The first-order valence-corrected chi connectivity index (χ1v) is 6.62. The van der Waals surface area contributed by atoms with Gasteiger partial charge in [-0.1, -0.05) is 0 Å². The third kappa shape index (κ3) is 2.27. The molecule has 1 saturated heterocycles. The van der Waals surface area contributed by atoms with E-state index in [0.29, 0.717) is 18.9 Å². The molecular formula is C13H19N3O2. The fourth-order valence-corrected chi connectivity index (χ4v) is 2.77. The molecule has 98 valence electrons. The number of rotatable bonds is 2. The van der Waals surface area contributed by atoms with Gasteiger partial charge in [-0.3, -0.25) is 4.79 Å². The van der Waals surface area contributed by atoms with Crippen LogP contribution in [0.4, 0.5) is 0 Å². The normalized spacial score (nSPS) is 23.2. The van der Waals surface area contributed by atoms with Gasteiger partial charge in [0.15, 0.2) is 0 Å². The summed E-state index contributed by atoms with van der Waals surface area (Å²) in [5.74, 6) is 1.62. The molecule has 0 bridgehead atoms. The van der Waals surface area contributed by atoms with Crippen molar-refractivity contribution in [3.63, 3.8) is 0 Å². The molecule has 1 N–H and O–H groups in total. The lowest BCUT2D eigenvalue weighted by atomic mass is 10.0. The van der Waals surface area contributed by atoms with Gasteiger partial charge in [0.25, 0.3) is 0 Å². The zero-order valence-electron chi connectivity index (χ0n) is 10.7. The molecule has 3 rings (SSSR count). The second-order valence-electron chi connectivity index (χ2n) is 5.25. The fraction of sp³-hybridized carbons (Fsp3) is 0.692. The summed E-state index contributed by atoms with van der Waals surface area (Å²) in [5, 5.41) is 0. The number of fused-ring (bicyclic) bond motifs is 1. The summed E-state index contributed by atoms with van der Waals surface area (Å²) >= 11 is 0. The monoisotopic (exact) mass is 249 g/mol. The number of nitrogens with zero attached hydrogens (tertiary/aromatic N) is 2. The Balaban J connectivity index is 1.62. The maximum atomic E-state index is 12.2. The van der Waals surface area contributed by atoms with E-state index >= 15 is 0 Å². The lowest BCUT2D eigenvalue weighted by Gasteiger charge is -2.27. The largest absolute Gasteiger partial charge is 0.381 e. The van der Waals surface area contributed by atoms with E-state index in [-0.39, 0.29) is 5.91 Å². The van der Waals surface area contributed by atoms with Gasteiger partial charge in [-0.2, -0.15) is 0 Å². The predicted octanol–water partition coefficient (Wildman–Crippen LogP) is 1.03. The number of carbonyl (C=O) groups excluding carboxylic acids is 1.